The maximum atomic E-state index is 12.4. The fourth-order valence-electron chi connectivity index (χ4n) is 3.60. The maximum Gasteiger partial charge on any atom is 0.230 e. The van der Waals surface area contributed by atoms with Crippen molar-refractivity contribution in [2.45, 2.75) is 18.9 Å². The summed E-state index contributed by atoms with van der Waals surface area (Å²) < 4.78 is 6.75. The van der Waals surface area contributed by atoms with E-state index in [1.807, 2.05) is 42.5 Å². The number of fused-ring (bicyclic) bond motifs is 1. The molecule has 0 aliphatic carbocycles. The van der Waals surface area contributed by atoms with E-state index in [1.165, 1.54) is 0 Å². The second-order valence-corrected chi connectivity index (χ2v) is 8.75. The fraction of sp³-hybridized carbons (Fsp3) is 0.115. The van der Waals surface area contributed by atoms with Gasteiger partial charge in [-0.2, -0.15) is 5.26 Å². The Kier molecular flexibility index (Phi) is 6.10. The van der Waals surface area contributed by atoms with Gasteiger partial charge in [-0.1, -0.05) is 66.7 Å². The van der Waals surface area contributed by atoms with Crippen molar-refractivity contribution in [2.75, 3.05) is 0 Å². The summed E-state index contributed by atoms with van der Waals surface area (Å²) in [6, 6.07) is 26.9. The molecule has 0 saturated carbocycles. The van der Waals surface area contributed by atoms with Gasteiger partial charge in [0.2, 0.25) is 17.7 Å². The first-order valence-corrected chi connectivity index (χ1v) is 11.5. The van der Waals surface area contributed by atoms with Crippen molar-refractivity contribution in [1.29, 1.82) is 5.26 Å². The summed E-state index contributed by atoms with van der Waals surface area (Å²) in [5, 5.41) is 21.0. The van der Waals surface area contributed by atoms with Crippen molar-refractivity contribution < 1.29 is 9.21 Å². The highest BCUT2D eigenvalue weighted by Crippen LogP contribution is 2.29. The van der Waals surface area contributed by atoms with Gasteiger partial charge in [0.1, 0.15) is 17.5 Å². The lowest BCUT2D eigenvalue weighted by Crippen LogP contribution is -2.29. The lowest BCUT2D eigenvalue weighted by atomic mass is 10.1. The lowest BCUT2D eigenvalue weighted by molar-refractivity contribution is -0.121. The molecule has 5 aromatic rings. The number of nitrogens with zero attached hydrogens (tertiary/aromatic N) is 4. The number of hydrogen-bond acceptors (Lipinski definition) is 7. The van der Waals surface area contributed by atoms with Gasteiger partial charge in [0.05, 0.1) is 22.7 Å². The highest BCUT2D eigenvalue weighted by Gasteiger charge is 2.17. The summed E-state index contributed by atoms with van der Waals surface area (Å²) in [4.78, 5) is 17.1. The van der Waals surface area contributed by atoms with Gasteiger partial charge >= 0.3 is 0 Å². The summed E-state index contributed by atoms with van der Waals surface area (Å²) in [6.45, 7) is 0. The largest absolute Gasteiger partial charge is 0.424 e. The van der Waals surface area contributed by atoms with Gasteiger partial charge in [0, 0.05) is 0 Å². The Balaban J connectivity index is 1.24. The molecule has 166 valence electrons. The van der Waals surface area contributed by atoms with E-state index >= 15 is 0 Å². The number of carbonyl (C=O) groups excluding carboxylic acids is 1. The van der Waals surface area contributed by atoms with Crippen LogP contribution in [0.1, 0.15) is 28.4 Å². The molecule has 0 aliphatic rings. The molecule has 34 heavy (non-hydrogen) atoms. The summed E-state index contributed by atoms with van der Waals surface area (Å²) in [5.41, 5.74) is 3.93. The molecule has 0 saturated heterocycles. The topological polar surface area (TPSA) is 105 Å². The number of hydrogen-bond donors (Lipinski definition) is 1. The Hall–Kier alpha value is -4.35. The van der Waals surface area contributed by atoms with Gasteiger partial charge in [0.25, 0.3) is 0 Å². The van der Waals surface area contributed by atoms with Gasteiger partial charge in [-0.3, -0.25) is 4.79 Å². The van der Waals surface area contributed by atoms with E-state index in [1.54, 1.807) is 23.5 Å². The molecule has 2 heterocycles. The molecule has 2 aromatic heterocycles. The van der Waals surface area contributed by atoms with Crippen LogP contribution in [0.15, 0.2) is 83.3 Å². The minimum absolute atomic E-state index is 0.0989. The molecule has 0 spiro atoms. The molecule has 3 aromatic carbocycles. The van der Waals surface area contributed by atoms with Crippen molar-refractivity contribution >= 4 is 27.5 Å². The number of nitrogens with one attached hydrogen (secondary N) is 1. The third kappa shape index (κ3) is 4.85. The van der Waals surface area contributed by atoms with Crippen molar-refractivity contribution in [3.63, 3.8) is 0 Å². The van der Waals surface area contributed by atoms with Crippen LogP contribution in [-0.2, 0) is 17.6 Å². The minimum Gasteiger partial charge on any atom is -0.424 e. The molecule has 0 aliphatic heterocycles. The normalized spacial score (nSPS) is 11.7. The second kappa shape index (κ2) is 9.65. The number of thiazole rings is 1. The first-order chi connectivity index (χ1) is 16.7. The highest BCUT2D eigenvalue weighted by atomic mass is 32.1. The van der Waals surface area contributed by atoms with Crippen LogP contribution in [0, 0.1) is 11.3 Å². The van der Waals surface area contributed by atoms with Gasteiger partial charge in [-0.05, 0) is 28.8 Å². The molecule has 1 atom stereocenters. The molecule has 0 bridgehead atoms. The zero-order valence-electron chi connectivity index (χ0n) is 18.0. The summed E-state index contributed by atoms with van der Waals surface area (Å²) >= 11 is 1.58. The zero-order chi connectivity index (χ0) is 23.3. The van der Waals surface area contributed by atoms with E-state index < -0.39 is 6.04 Å². The van der Waals surface area contributed by atoms with Crippen LogP contribution in [0.3, 0.4) is 0 Å². The summed E-state index contributed by atoms with van der Waals surface area (Å²) in [7, 11) is 0. The molecular formula is C26H19N5O2S. The molecular weight excluding hydrogens is 446 g/mol. The Morgan fingerprint density at radius 1 is 0.971 bits per heavy atom. The average Bonchev–Trinajstić information content (AvgIpc) is 3.49. The van der Waals surface area contributed by atoms with Crippen molar-refractivity contribution in [3.05, 3.63) is 101 Å². The number of nitriles is 1. The maximum absolute atomic E-state index is 12.4. The number of carbonyl (C=O) groups is 1. The van der Waals surface area contributed by atoms with Crippen LogP contribution in [0.25, 0.3) is 21.3 Å². The quantitative estimate of drug-likeness (QED) is 0.368. The Bertz CT molecular complexity index is 1470. The Labute approximate surface area is 199 Å². The lowest BCUT2D eigenvalue weighted by Gasteiger charge is -2.10. The third-order valence-electron chi connectivity index (χ3n) is 5.23. The molecule has 7 nitrogen and oxygen atoms in total. The number of rotatable bonds is 7. The van der Waals surface area contributed by atoms with E-state index in [0.29, 0.717) is 12.3 Å². The molecule has 8 heteroatoms. The van der Waals surface area contributed by atoms with Crippen molar-refractivity contribution in [1.82, 2.24) is 20.5 Å². The van der Waals surface area contributed by atoms with E-state index in [2.05, 4.69) is 50.8 Å². The van der Waals surface area contributed by atoms with Gasteiger partial charge in [-0.25, -0.2) is 4.98 Å². The predicted octanol–water partition coefficient (Wildman–Crippen LogP) is 4.86. The van der Waals surface area contributed by atoms with E-state index in [9.17, 15) is 10.1 Å². The standard InChI is InChI=1S/C26H19N5O2S/c27-16-21(18-9-5-2-6-10-18)28-23(32)14-24-30-31-25(33-24)15-26-29-20-12-11-19(13-22(20)34-26)17-7-3-1-4-8-17/h1-13,21H,14-15H2,(H,28,32). The fourth-order valence-corrected chi connectivity index (χ4v) is 4.60. The second-order valence-electron chi connectivity index (χ2n) is 7.64. The molecule has 1 unspecified atom stereocenters. The summed E-state index contributed by atoms with van der Waals surface area (Å²) in [5.74, 6) is 0.230. The molecule has 1 amide bonds. The van der Waals surface area contributed by atoms with Gasteiger partial charge < -0.3 is 9.73 Å². The summed E-state index contributed by atoms with van der Waals surface area (Å²) in [6.07, 6.45) is 0.289. The van der Waals surface area contributed by atoms with Crippen LogP contribution in [0.5, 0.6) is 0 Å². The molecule has 1 N–H and O–H groups in total. The monoisotopic (exact) mass is 465 g/mol. The van der Waals surface area contributed by atoms with Crippen LogP contribution in [0.4, 0.5) is 0 Å². The van der Waals surface area contributed by atoms with E-state index in [0.717, 1.165) is 31.9 Å². The zero-order valence-corrected chi connectivity index (χ0v) is 18.8. The van der Waals surface area contributed by atoms with Gasteiger partial charge in [-0.15, -0.1) is 21.5 Å². The number of aromatic nitrogens is 3. The van der Waals surface area contributed by atoms with E-state index in [4.69, 9.17) is 4.42 Å². The van der Waals surface area contributed by atoms with Crippen molar-refractivity contribution in [3.8, 4) is 17.2 Å². The first-order valence-electron chi connectivity index (χ1n) is 10.7. The smallest absolute Gasteiger partial charge is 0.230 e. The number of benzene rings is 3. The minimum atomic E-state index is -0.736. The first kappa shape index (κ1) is 21.5. The Morgan fingerprint density at radius 3 is 2.47 bits per heavy atom. The molecule has 0 radical (unpaired) electrons. The highest BCUT2D eigenvalue weighted by molar-refractivity contribution is 7.18. The number of amides is 1. The van der Waals surface area contributed by atoms with Crippen LogP contribution >= 0.6 is 11.3 Å². The van der Waals surface area contributed by atoms with Crippen LogP contribution < -0.4 is 5.32 Å². The van der Waals surface area contributed by atoms with Gasteiger partial charge in [0.15, 0.2) is 0 Å². The predicted molar refractivity (Wildman–Crippen MR) is 129 cm³/mol. The SMILES string of the molecule is N#CC(NC(=O)Cc1nnc(Cc2nc3ccc(-c4ccccc4)cc3s2)o1)c1ccccc1. The van der Waals surface area contributed by atoms with Crippen molar-refractivity contribution in [2.24, 2.45) is 0 Å². The van der Waals surface area contributed by atoms with Crippen LogP contribution in [-0.4, -0.2) is 21.1 Å². The van der Waals surface area contributed by atoms with Crippen LogP contribution in [0.2, 0.25) is 0 Å². The van der Waals surface area contributed by atoms with E-state index in [-0.39, 0.29) is 18.2 Å². The molecule has 0 fully saturated rings. The molecule has 5 rings (SSSR count). The third-order valence-corrected chi connectivity index (χ3v) is 6.25. The Morgan fingerprint density at radius 2 is 1.71 bits per heavy atom. The average molecular weight is 466 g/mol.